The van der Waals surface area contributed by atoms with Gasteiger partial charge in [-0.25, -0.2) is 0 Å². The highest BCUT2D eigenvalue weighted by Crippen LogP contribution is 2.23. The Kier molecular flexibility index (Phi) is 5.22. The molecule has 1 aromatic heterocycles. The Bertz CT molecular complexity index is 476. The average molecular weight is 327 g/mol. The van der Waals surface area contributed by atoms with Crippen LogP contribution >= 0.6 is 15.9 Å². The van der Waals surface area contributed by atoms with Gasteiger partial charge in [0.05, 0.1) is 0 Å². The lowest BCUT2D eigenvalue weighted by Gasteiger charge is -2.27. The van der Waals surface area contributed by atoms with E-state index in [0.717, 1.165) is 29.0 Å². The molecule has 1 aliphatic carbocycles. The van der Waals surface area contributed by atoms with Crippen molar-refractivity contribution in [3.8, 4) is 0 Å². The van der Waals surface area contributed by atoms with Crippen molar-refractivity contribution < 1.29 is 0 Å². The van der Waals surface area contributed by atoms with Crippen LogP contribution in [0.15, 0.2) is 21.5 Å². The summed E-state index contributed by atoms with van der Waals surface area (Å²) in [6, 6.07) is 2.51. The predicted octanol–water partition coefficient (Wildman–Crippen LogP) is 3.09. The lowest BCUT2D eigenvalue weighted by molar-refractivity contribution is 0.305. The van der Waals surface area contributed by atoms with E-state index in [1.54, 1.807) is 4.57 Å². The van der Waals surface area contributed by atoms with Gasteiger partial charge in [-0.1, -0.05) is 6.92 Å². The summed E-state index contributed by atoms with van der Waals surface area (Å²) < 4.78 is 2.76. The zero-order valence-corrected chi connectivity index (χ0v) is 13.4. The van der Waals surface area contributed by atoms with E-state index < -0.39 is 0 Å². The van der Waals surface area contributed by atoms with E-state index in [-0.39, 0.29) is 5.56 Å². The average Bonchev–Trinajstić information content (AvgIpc) is 2.37. The van der Waals surface area contributed by atoms with Gasteiger partial charge in [-0.2, -0.15) is 0 Å². The summed E-state index contributed by atoms with van der Waals surface area (Å²) in [6.07, 6.45) is 7.07. The van der Waals surface area contributed by atoms with E-state index in [1.807, 2.05) is 19.2 Å². The second kappa shape index (κ2) is 6.71. The van der Waals surface area contributed by atoms with Crippen LogP contribution in [-0.2, 0) is 6.54 Å². The topological polar surface area (TPSA) is 34.0 Å². The van der Waals surface area contributed by atoms with Crippen LogP contribution in [-0.4, -0.2) is 17.2 Å². The molecule has 0 spiro atoms. The van der Waals surface area contributed by atoms with E-state index in [0.29, 0.717) is 6.04 Å². The molecule has 1 saturated carbocycles. The van der Waals surface area contributed by atoms with Crippen molar-refractivity contribution in [2.75, 3.05) is 6.54 Å². The lowest BCUT2D eigenvalue weighted by atomic mass is 9.87. The molecule has 2 rings (SSSR count). The Morgan fingerprint density at radius 1 is 1.37 bits per heavy atom. The minimum Gasteiger partial charge on any atom is -0.313 e. The molecule has 1 aliphatic rings. The summed E-state index contributed by atoms with van der Waals surface area (Å²) in [6.45, 7) is 5.81. The second-order valence-electron chi connectivity index (χ2n) is 5.75. The summed E-state index contributed by atoms with van der Waals surface area (Å²) in [5.74, 6) is 0.883. The summed E-state index contributed by atoms with van der Waals surface area (Å²) in [5.41, 5.74) is 0.906. The number of aromatic nitrogens is 1. The molecule has 1 aromatic rings. The number of rotatable bonds is 4. The number of pyridine rings is 1. The fourth-order valence-electron chi connectivity index (χ4n) is 2.76. The molecule has 19 heavy (non-hydrogen) atoms. The Morgan fingerprint density at radius 3 is 2.74 bits per heavy atom. The molecule has 0 saturated heterocycles. The van der Waals surface area contributed by atoms with Crippen LogP contribution in [0.1, 0.15) is 38.2 Å². The third-order valence-corrected chi connectivity index (χ3v) is 4.47. The van der Waals surface area contributed by atoms with Crippen molar-refractivity contribution >= 4 is 15.9 Å². The highest BCUT2D eigenvalue weighted by molar-refractivity contribution is 9.10. The van der Waals surface area contributed by atoms with Gasteiger partial charge in [-0.15, -0.1) is 0 Å². The number of aryl methyl sites for hydroxylation is 1. The van der Waals surface area contributed by atoms with Gasteiger partial charge in [-0.05, 0) is 60.5 Å². The number of nitrogens with zero attached hydrogens (tertiary/aromatic N) is 1. The highest BCUT2D eigenvalue weighted by Gasteiger charge is 2.17. The van der Waals surface area contributed by atoms with Crippen molar-refractivity contribution in [1.82, 2.24) is 9.88 Å². The van der Waals surface area contributed by atoms with Crippen molar-refractivity contribution in [3.63, 3.8) is 0 Å². The molecular formula is C15H23BrN2O. The normalized spacial score (nSPS) is 23.5. The Balaban J connectivity index is 1.84. The predicted molar refractivity (Wildman–Crippen MR) is 82.6 cm³/mol. The molecule has 4 heteroatoms. The highest BCUT2D eigenvalue weighted by atomic mass is 79.9. The quantitative estimate of drug-likeness (QED) is 0.922. The molecule has 0 aliphatic heterocycles. The zero-order chi connectivity index (χ0) is 13.8. The van der Waals surface area contributed by atoms with Gasteiger partial charge in [0.25, 0.3) is 5.56 Å². The maximum Gasteiger partial charge on any atom is 0.253 e. The maximum absolute atomic E-state index is 12.0. The monoisotopic (exact) mass is 326 g/mol. The standard InChI is InChI=1S/C15H23BrN2O/c1-11-3-5-14(6-4-11)17-7-8-18-10-13(16)9-12(2)15(18)19/h9-11,14,17H,3-8H2,1-2H3. The largest absolute Gasteiger partial charge is 0.313 e. The first kappa shape index (κ1) is 14.8. The van der Waals surface area contributed by atoms with Gasteiger partial charge in [0.15, 0.2) is 0 Å². The molecule has 3 nitrogen and oxygen atoms in total. The molecule has 0 unspecified atom stereocenters. The Hall–Kier alpha value is -0.610. The van der Waals surface area contributed by atoms with E-state index in [4.69, 9.17) is 0 Å². The smallest absolute Gasteiger partial charge is 0.253 e. The zero-order valence-electron chi connectivity index (χ0n) is 11.8. The Labute approximate surface area is 123 Å². The first-order chi connectivity index (χ1) is 9.06. The van der Waals surface area contributed by atoms with Crippen LogP contribution in [0.25, 0.3) is 0 Å². The first-order valence-corrected chi connectivity index (χ1v) is 7.95. The molecule has 0 amide bonds. The van der Waals surface area contributed by atoms with E-state index in [9.17, 15) is 4.79 Å². The molecule has 1 fully saturated rings. The number of hydrogen-bond donors (Lipinski definition) is 1. The van der Waals surface area contributed by atoms with Gasteiger partial charge < -0.3 is 9.88 Å². The van der Waals surface area contributed by atoms with Crippen molar-refractivity contribution in [3.05, 3.63) is 32.7 Å². The van der Waals surface area contributed by atoms with Crippen LogP contribution in [0.2, 0.25) is 0 Å². The van der Waals surface area contributed by atoms with Gasteiger partial charge in [-0.3, -0.25) is 4.79 Å². The molecule has 106 valence electrons. The molecule has 1 N–H and O–H groups in total. The summed E-state index contributed by atoms with van der Waals surface area (Å²) >= 11 is 3.44. The maximum atomic E-state index is 12.0. The third kappa shape index (κ3) is 4.18. The van der Waals surface area contributed by atoms with Crippen LogP contribution in [0.4, 0.5) is 0 Å². The van der Waals surface area contributed by atoms with Crippen molar-refractivity contribution in [2.45, 2.75) is 52.1 Å². The SMILES string of the molecule is Cc1cc(Br)cn(CCNC2CCC(C)CC2)c1=O. The molecule has 0 bridgehead atoms. The molecule has 0 atom stereocenters. The minimum atomic E-state index is 0.113. The van der Waals surface area contributed by atoms with Gasteiger partial charge in [0, 0.05) is 35.4 Å². The molecular weight excluding hydrogens is 304 g/mol. The molecule has 0 radical (unpaired) electrons. The Morgan fingerprint density at radius 2 is 2.05 bits per heavy atom. The van der Waals surface area contributed by atoms with Gasteiger partial charge in [0.1, 0.15) is 0 Å². The van der Waals surface area contributed by atoms with Crippen molar-refractivity contribution in [2.24, 2.45) is 5.92 Å². The summed E-state index contributed by atoms with van der Waals surface area (Å²) in [4.78, 5) is 12.0. The summed E-state index contributed by atoms with van der Waals surface area (Å²) in [7, 11) is 0. The number of halogens is 1. The van der Waals surface area contributed by atoms with E-state index in [1.165, 1.54) is 25.7 Å². The molecule has 1 heterocycles. The fourth-order valence-corrected chi connectivity index (χ4v) is 3.35. The van der Waals surface area contributed by atoms with Crippen molar-refractivity contribution in [1.29, 1.82) is 0 Å². The van der Waals surface area contributed by atoms with E-state index in [2.05, 4.69) is 28.2 Å². The number of hydrogen-bond acceptors (Lipinski definition) is 2. The van der Waals surface area contributed by atoms with E-state index >= 15 is 0 Å². The van der Waals surface area contributed by atoms with Crippen LogP contribution < -0.4 is 10.9 Å². The van der Waals surface area contributed by atoms with Gasteiger partial charge >= 0.3 is 0 Å². The number of nitrogens with one attached hydrogen (secondary N) is 1. The minimum absolute atomic E-state index is 0.113. The third-order valence-electron chi connectivity index (χ3n) is 4.03. The van der Waals surface area contributed by atoms with Crippen LogP contribution in [0.5, 0.6) is 0 Å². The molecule has 0 aromatic carbocycles. The van der Waals surface area contributed by atoms with Gasteiger partial charge in [0.2, 0.25) is 0 Å². The fraction of sp³-hybridized carbons (Fsp3) is 0.667. The van der Waals surface area contributed by atoms with Crippen LogP contribution in [0.3, 0.4) is 0 Å². The first-order valence-electron chi connectivity index (χ1n) is 7.16. The van der Waals surface area contributed by atoms with Crippen LogP contribution in [0, 0.1) is 12.8 Å². The second-order valence-corrected chi connectivity index (χ2v) is 6.67. The lowest BCUT2D eigenvalue weighted by Crippen LogP contribution is -2.36. The summed E-state index contributed by atoms with van der Waals surface area (Å²) in [5, 5.41) is 3.58.